The summed E-state index contributed by atoms with van der Waals surface area (Å²) in [4.78, 5) is 38.5. The van der Waals surface area contributed by atoms with Crippen LogP contribution in [0, 0.1) is 12.7 Å². The third kappa shape index (κ3) is 4.56. The number of halogens is 1. The van der Waals surface area contributed by atoms with Crippen molar-refractivity contribution < 1.29 is 23.3 Å². The summed E-state index contributed by atoms with van der Waals surface area (Å²) in [5, 5.41) is 6.12. The molecule has 2 aromatic rings. The van der Waals surface area contributed by atoms with E-state index in [2.05, 4.69) is 10.5 Å². The Morgan fingerprint density at radius 1 is 1.31 bits per heavy atom. The molecule has 0 atom stereocenters. The minimum absolute atomic E-state index is 0.00533. The molecule has 1 aromatic heterocycles. The Balaban J connectivity index is 1.62. The van der Waals surface area contributed by atoms with Crippen LogP contribution in [0.3, 0.4) is 0 Å². The number of nitrogens with zero attached hydrogens (tertiary/aromatic N) is 2. The second-order valence-corrected chi connectivity index (χ2v) is 7.80. The number of aryl methyl sites for hydroxylation is 1. The third-order valence-electron chi connectivity index (χ3n) is 4.30. The molecular weight excluding hydrogens is 397 g/mol. The fourth-order valence-electron chi connectivity index (χ4n) is 2.83. The predicted octanol–water partition coefficient (Wildman–Crippen LogP) is 3.71. The van der Waals surface area contributed by atoms with Gasteiger partial charge in [0.15, 0.2) is 5.76 Å². The maximum atomic E-state index is 13.0. The molecule has 1 N–H and O–H groups in total. The Morgan fingerprint density at radius 3 is 2.66 bits per heavy atom. The number of rotatable bonds is 6. The van der Waals surface area contributed by atoms with Gasteiger partial charge in [0.25, 0.3) is 17.1 Å². The summed E-state index contributed by atoms with van der Waals surface area (Å²) in [6.07, 6.45) is 1.54. The zero-order chi connectivity index (χ0) is 21.1. The summed E-state index contributed by atoms with van der Waals surface area (Å²) in [5.74, 6) is -0.693. The highest BCUT2D eigenvalue weighted by Crippen LogP contribution is 2.32. The largest absolute Gasteiger partial charge is 0.360 e. The fourth-order valence-corrected chi connectivity index (χ4v) is 3.70. The molecule has 1 aliphatic rings. The number of carbonyl (C=O) groups is 3. The van der Waals surface area contributed by atoms with E-state index in [9.17, 15) is 18.8 Å². The second kappa shape index (κ2) is 8.60. The van der Waals surface area contributed by atoms with Gasteiger partial charge in [-0.25, -0.2) is 4.39 Å². The maximum absolute atomic E-state index is 13.0. The molecule has 1 aliphatic heterocycles. The van der Waals surface area contributed by atoms with Crippen molar-refractivity contribution in [3.63, 3.8) is 0 Å². The van der Waals surface area contributed by atoms with Crippen molar-refractivity contribution in [3.05, 3.63) is 57.6 Å². The topological polar surface area (TPSA) is 92.5 Å². The molecule has 29 heavy (non-hydrogen) atoms. The molecular formula is C20H20FN3O4S. The van der Waals surface area contributed by atoms with E-state index in [1.807, 2.05) is 13.8 Å². The molecule has 7 nitrogen and oxygen atoms in total. The number of amides is 3. The van der Waals surface area contributed by atoms with E-state index < -0.39 is 11.1 Å². The molecule has 0 aliphatic carbocycles. The number of carbonyl (C=O) groups excluding carboxylic acids is 3. The van der Waals surface area contributed by atoms with Crippen molar-refractivity contribution >= 4 is 34.9 Å². The first kappa shape index (κ1) is 20.8. The van der Waals surface area contributed by atoms with Gasteiger partial charge in [-0.1, -0.05) is 31.1 Å². The van der Waals surface area contributed by atoms with E-state index in [4.69, 9.17) is 4.52 Å². The summed E-state index contributed by atoms with van der Waals surface area (Å²) in [5.41, 5.74) is 1.49. The van der Waals surface area contributed by atoms with Gasteiger partial charge < -0.3 is 9.84 Å². The van der Waals surface area contributed by atoms with Crippen LogP contribution in [0.25, 0.3) is 6.08 Å². The van der Waals surface area contributed by atoms with Crippen molar-refractivity contribution in [3.8, 4) is 0 Å². The van der Waals surface area contributed by atoms with Gasteiger partial charge in [-0.15, -0.1) is 0 Å². The minimum Gasteiger partial charge on any atom is -0.360 e. The van der Waals surface area contributed by atoms with E-state index in [0.29, 0.717) is 22.6 Å². The van der Waals surface area contributed by atoms with Crippen LogP contribution in [0.4, 0.5) is 9.18 Å². The van der Waals surface area contributed by atoms with Crippen molar-refractivity contribution in [2.45, 2.75) is 26.7 Å². The first-order valence-electron chi connectivity index (χ1n) is 9.03. The van der Waals surface area contributed by atoms with E-state index >= 15 is 0 Å². The lowest BCUT2D eigenvalue weighted by atomic mass is 10.0. The standard InChI is InChI=1S/C20H20FN3O4S/c1-11(2)17-16(12(3)23-28-17)18(25)22-8-9-24-19(26)15(29-20(24)27)10-13-4-6-14(21)7-5-13/h4-7,10-11H,8-9H2,1-3H3,(H,22,25)/b15-10-. The number of imide groups is 1. The molecule has 0 unspecified atom stereocenters. The van der Waals surface area contributed by atoms with Crippen LogP contribution < -0.4 is 5.32 Å². The van der Waals surface area contributed by atoms with Crippen LogP contribution in [0.15, 0.2) is 33.7 Å². The SMILES string of the molecule is Cc1noc(C(C)C)c1C(=O)NCCN1C(=O)S/C(=C\c2ccc(F)cc2)C1=O. The Bertz CT molecular complexity index is 982. The van der Waals surface area contributed by atoms with E-state index in [1.54, 1.807) is 13.0 Å². The lowest BCUT2D eigenvalue weighted by molar-refractivity contribution is -0.122. The highest BCUT2D eigenvalue weighted by atomic mass is 32.2. The summed E-state index contributed by atoms with van der Waals surface area (Å²) in [6.45, 7) is 5.61. The molecule has 0 bridgehead atoms. The molecule has 1 saturated heterocycles. The lowest BCUT2D eigenvalue weighted by Crippen LogP contribution is -2.37. The molecule has 3 rings (SSSR count). The van der Waals surface area contributed by atoms with Crippen LogP contribution in [-0.2, 0) is 4.79 Å². The van der Waals surface area contributed by atoms with Crippen LogP contribution in [0.5, 0.6) is 0 Å². The average Bonchev–Trinajstić information content (AvgIpc) is 3.18. The highest BCUT2D eigenvalue weighted by molar-refractivity contribution is 8.18. The summed E-state index contributed by atoms with van der Waals surface area (Å²) in [6, 6.07) is 5.61. The minimum atomic E-state index is -0.442. The van der Waals surface area contributed by atoms with E-state index in [-0.39, 0.29) is 35.6 Å². The zero-order valence-electron chi connectivity index (χ0n) is 16.2. The van der Waals surface area contributed by atoms with Gasteiger partial charge in [0, 0.05) is 19.0 Å². The van der Waals surface area contributed by atoms with Crippen LogP contribution in [-0.4, -0.2) is 40.2 Å². The smallest absolute Gasteiger partial charge is 0.293 e. The second-order valence-electron chi connectivity index (χ2n) is 6.80. The van der Waals surface area contributed by atoms with Gasteiger partial charge in [0.05, 0.1) is 10.6 Å². The Labute approximate surface area is 171 Å². The average molecular weight is 417 g/mol. The van der Waals surface area contributed by atoms with Gasteiger partial charge in [0.2, 0.25) is 0 Å². The van der Waals surface area contributed by atoms with Crippen molar-refractivity contribution in [1.29, 1.82) is 0 Å². The zero-order valence-corrected chi connectivity index (χ0v) is 17.0. The third-order valence-corrected chi connectivity index (χ3v) is 5.21. The van der Waals surface area contributed by atoms with Crippen molar-refractivity contribution in [2.24, 2.45) is 0 Å². The Morgan fingerprint density at radius 2 is 2.00 bits per heavy atom. The van der Waals surface area contributed by atoms with Crippen LogP contribution in [0.1, 0.15) is 47.1 Å². The molecule has 0 radical (unpaired) electrons. The van der Waals surface area contributed by atoms with Gasteiger partial charge in [-0.05, 0) is 42.5 Å². The Hall–Kier alpha value is -2.94. The predicted molar refractivity (Wildman–Crippen MR) is 107 cm³/mol. The number of hydrogen-bond donors (Lipinski definition) is 1. The number of thioether (sulfide) groups is 1. The summed E-state index contributed by atoms with van der Waals surface area (Å²) in [7, 11) is 0. The Kier molecular flexibility index (Phi) is 6.17. The quantitative estimate of drug-likeness (QED) is 0.721. The first-order valence-corrected chi connectivity index (χ1v) is 9.85. The molecule has 3 amide bonds. The van der Waals surface area contributed by atoms with Gasteiger partial charge in [0.1, 0.15) is 11.4 Å². The molecule has 9 heteroatoms. The normalized spacial score (nSPS) is 15.6. The van der Waals surface area contributed by atoms with Crippen LogP contribution >= 0.6 is 11.8 Å². The number of benzene rings is 1. The van der Waals surface area contributed by atoms with Gasteiger partial charge in [-0.3, -0.25) is 19.3 Å². The van der Waals surface area contributed by atoms with Crippen molar-refractivity contribution in [2.75, 3.05) is 13.1 Å². The lowest BCUT2D eigenvalue weighted by Gasteiger charge is -2.13. The fraction of sp³-hybridized carbons (Fsp3) is 0.300. The number of hydrogen-bond acceptors (Lipinski definition) is 6. The molecule has 2 heterocycles. The van der Waals surface area contributed by atoms with E-state index in [0.717, 1.165) is 16.7 Å². The summed E-state index contributed by atoms with van der Waals surface area (Å²) < 4.78 is 18.2. The van der Waals surface area contributed by atoms with Gasteiger partial charge in [-0.2, -0.15) is 0 Å². The molecule has 1 fully saturated rings. The molecule has 1 aromatic carbocycles. The highest BCUT2D eigenvalue weighted by Gasteiger charge is 2.34. The summed E-state index contributed by atoms with van der Waals surface area (Å²) >= 11 is 0.813. The van der Waals surface area contributed by atoms with Crippen LogP contribution in [0.2, 0.25) is 0 Å². The monoisotopic (exact) mass is 417 g/mol. The number of nitrogens with one attached hydrogen (secondary N) is 1. The first-order chi connectivity index (χ1) is 13.8. The maximum Gasteiger partial charge on any atom is 0.293 e. The molecule has 152 valence electrons. The molecule has 0 saturated carbocycles. The van der Waals surface area contributed by atoms with Crippen molar-refractivity contribution in [1.82, 2.24) is 15.4 Å². The van der Waals surface area contributed by atoms with Gasteiger partial charge >= 0.3 is 0 Å². The number of aromatic nitrogens is 1. The molecule has 0 spiro atoms. The van der Waals surface area contributed by atoms with E-state index in [1.165, 1.54) is 24.3 Å².